The number of benzene rings is 2. The Morgan fingerprint density at radius 1 is 1.19 bits per heavy atom. The Hall–Kier alpha value is -1.78. The van der Waals surface area contributed by atoms with E-state index in [1.807, 2.05) is 0 Å². The summed E-state index contributed by atoms with van der Waals surface area (Å²) in [6.45, 7) is 0.207. The predicted octanol–water partition coefficient (Wildman–Crippen LogP) is 4.27. The van der Waals surface area contributed by atoms with Crippen LogP contribution >= 0.6 is 15.9 Å². The van der Waals surface area contributed by atoms with Crippen molar-refractivity contribution in [2.45, 2.75) is 23.6 Å². The standard InChI is InChI=1S/C16H12BrF3O5S/c17-12-7-9(16(18,19)20)1-4-14(12)25-13-5-6-24-15-8-10(26(21,22)23)2-3-11(13)15/h1-4,7-8,13H,5-6H2,(H,21,22,23)/p-1. The minimum absolute atomic E-state index is 0.138. The molecule has 1 unspecified atom stereocenters. The first-order chi connectivity index (χ1) is 12.1. The number of hydrogen-bond acceptors (Lipinski definition) is 5. The molecule has 0 bridgehead atoms. The Bertz CT molecular complexity index is 943. The van der Waals surface area contributed by atoms with Gasteiger partial charge in [-0.1, -0.05) is 6.07 Å². The number of rotatable bonds is 3. The summed E-state index contributed by atoms with van der Waals surface area (Å²) in [7, 11) is -4.62. The maximum absolute atomic E-state index is 12.7. The second-order valence-electron chi connectivity index (χ2n) is 5.54. The highest BCUT2D eigenvalue weighted by atomic mass is 79.9. The molecule has 0 aromatic heterocycles. The molecule has 1 heterocycles. The van der Waals surface area contributed by atoms with Crippen LogP contribution in [-0.4, -0.2) is 19.6 Å². The highest BCUT2D eigenvalue weighted by Crippen LogP contribution is 2.40. The molecule has 0 saturated heterocycles. The maximum Gasteiger partial charge on any atom is 0.416 e. The second kappa shape index (κ2) is 6.75. The molecule has 0 fully saturated rings. The Balaban J connectivity index is 1.89. The minimum Gasteiger partial charge on any atom is -0.744 e. The number of hydrogen-bond donors (Lipinski definition) is 0. The summed E-state index contributed by atoms with van der Waals surface area (Å²) in [5.74, 6) is 0.401. The first kappa shape index (κ1) is 19.0. The Labute approximate surface area is 155 Å². The molecule has 0 spiro atoms. The van der Waals surface area contributed by atoms with Crippen LogP contribution in [-0.2, 0) is 16.3 Å². The van der Waals surface area contributed by atoms with Gasteiger partial charge in [0.25, 0.3) is 0 Å². The van der Waals surface area contributed by atoms with E-state index in [2.05, 4.69) is 15.9 Å². The normalized spacial score (nSPS) is 17.3. The van der Waals surface area contributed by atoms with E-state index in [1.165, 1.54) is 12.1 Å². The monoisotopic (exact) mass is 451 g/mol. The third-order valence-corrected chi connectivity index (χ3v) is 5.24. The third kappa shape index (κ3) is 3.97. The lowest BCUT2D eigenvalue weighted by Crippen LogP contribution is -2.19. The molecule has 0 radical (unpaired) electrons. The zero-order valence-electron chi connectivity index (χ0n) is 12.9. The van der Waals surface area contributed by atoms with Gasteiger partial charge in [-0.05, 0) is 46.3 Å². The lowest BCUT2D eigenvalue weighted by Gasteiger charge is -2.27. The van der Waals surface area contributed by atoms with Crippen molar-refractivity contribution in [3.8, 4) is 11.5 Å². The van der Waals surface area contributed by atoms with Crippen LogP contribution in [0, 0.1) is 0 Å². The van der Waals surface area contributed by atoms with Gasteiger partial charge in [0, 0.05) is 12.0 Å². The average molecular weight is 452 g/mol. The molecular weight excluding hydrogens is 441 g/mol. The molecule has 26 heavy (non-hydrogen) atoms. The predicted molar refractivity (Wildman–Crippen MR) is 87.0 cm³/mol. The lowest BCUT2D eigenvalue weighted by atomic mass is 10.0. The average Bonchev–Trinajstić information content (AvgIpc) is 2.54. The number of fused-ring (bicyclic) bond motifs is 1. The van der Waals surface area contributed by atoms with E-state index in [0.29, 0.717) is 12.0 Å². The fraction of sp³-hybridized carbons (Fsp3) is 0.250. The molecule has 2 aromatic rings. The summed E-state index contributed by atoms with van der Waals surface area (Å²) in [6, 6.07) is 6.71. The van der Waals surface area contributed by atoms with E-state index in [1.54, 1.807) is 0 Å². The van der Waals surface area contributed by atoms with Crippen LogP contribution in [0.5, 0.6) is 11.5 Å². The molecular formula is C16H11BrF3O5S-. The van der Waals surface area contributed by atoms with E-state index in [-0.39, 0.29) is 22.6 Å². The Morgan fingerprint density at radius 3 is 2.54 bits per heavy atom. The van der Waals surface area contributed by atoms with Gasteiger partial charge in [-0.25, -0.2) is 8.42 Å². The van der Waals surface area contributed by atoms with E-state index in [9.17, 15) is 26.1 Å². The van der Waals surface area contributed by atoms with Crippen LogP contribution in [0.2, 0.25) is 0 Å². The fourth-order valence-electron chi connectivity index (χ4n) is 2.54. The summed E-state index contributed by atoms with van der Waals surface area (Å²) in [6.07, 6.45) is -4.62. The van der Waals surface area contributed by atoms with Crippen LogP contribution < -0.4 is 9.47 Å². The molecule has 0 N–H and O–H groups in total. The first-order valence-electron chi connectivity index (χ1n) is 7.32. The van der Waals surface area contributed by atoms with Crippen LogP contribution in [0.15, 0.2) is 45.8 Å². The van der Waals surface area contributed by atoms with Crippen LogP contribution in [0.25, 0.3) is 0 Å². The van der Waals surface area contributed by atoms with Crippen molar-refractivity contribution in [1.82, 2.24) is 0 Å². The summed E-state index contributed by atoms with van der Waals surface area (Å²) >= 11 is 3.07. The summed E-state index contributed by atoms with van der Waals surface area (Å²) in [4.78, 5) is -0.424. The zero-order valence-corrected chi connectivity index (χ0v) is 15.3. The summed E-state index contributed by atoms with van der Waals surface area (Å²) < 4.78 is 82.8. The van der Waals surface area contributed by atoms with Gasteiger partial charge in [-0.15, -0.1) is 0 Å². The summed E-state index contributed by atoms with van der Waals surface area (Å²) in [5.41, 5.74) is -0.301. The number of halogens is 4. The van der Waals surface area contributed by atoms with Crippen molar-refractivity contribution < 1.29 is 35.6 Å². The highest BCUT2D eigenvalue weighted by Gasteiger charge is 2.31. The van der Waals surface area contributed by atoms with Gasteiger partial charge in [0.15, 0.2) is 0 Å². The smallest absolute Gasteiger partial charge is 0.416 e. The van der Waals surface area contributed by atoms with Crippen LogP contribution in [0.3, 0.4) is 0 Å². The molecule has 1 aliphatic heterocycles. The van der Waals surface area contributed by atoms with E-state index >= 15 is 0 Å². The second-order valence-corrected chi connectivity index (χ2v) is 7.77. The molecule has 0 amide bonds. The molecule has 3 rings (SSSR count). The number of ether oxygens (including phenoxy) is 2. The van der Waals surface area contributed by atoms with Gasteiger partial charge in [0.2, 0.25) is 0 Å². The molecule has 1 aliphatic rings. The topological polar surface area (TPSA) is 75.7 Å². The Morgan fingerprint density at radius 2 is 1.92 bits per heavy atom. The van der Waals surface area contributed by atoms with Crippen molar-refractivity contribution in [3.63, 3.8) is 0 Å². The SMILES string of the molecule is O=S(=O)([O-])c1ccc2c(c1)OCCC2Oc1ccc(C(F)(F)F)cc1Br. The van der Waals surface area contributed by atoms with Gasteiger partial charge in [-0.2, -0.15) is 13.2 Å². The third-order valence-electron chi connectivity index (χ3n) is 3.79. The van der Waals surface area contributed by atoms with Gasteiger partial charge in [-0.3, -0.25) is 0 Å². The van der Waals surface area contributed by atoms with Crippen LogP contribution in [0.4, 0.5) is 13.2 Å². The van der Waals surface area contributed by atoms with Gasteiger partial charge in [0.05, 0.1) is 21.5 Å². The quantitative estimate of drug-likeness (QED) is 0.651. The van der Waals surface area contributed by atoms with Gasteiger partial charge < -0.3 is 14.0 Å². The molecule has 140 valence electrons. The highest BCUT2D eigenvalue weighted by molar-refractivity contribution is 9.10. The number of alkyl halides is 3. The van der Waals surface area contributed by atoms with Crippen molar-refractivity contribution in [2.24, 2.45) is 0 Å². The largest absolute Gasteiger partial charge is 0.744 e. The van der Waals surface area contributed by atoms with E-state index in [0.717, 1.165) is 24.3 Å². The maximum atomic E-state index is 12.7. The Kier molecular flexibility index (Phi) is 4.93. The van der Waals surface area contributed by atoms with Crippen molar-refractivity contribution in [2.75, 3.05) is 6.61 Å². The fourth-order valence-corrected chi connectivity index (χ4v) is 3.50. The van der Waals surface area contributed by atoms with Crippen molar-refractivity contribution in [3.05, 3.63) is 52.0 Å². The van der Waals surface area contributed by atoms with Gasteiger partial charge >= 0.3 is 6.18 Å². The van der Waals surface area contributed by atoms with Crippen molar-refractivity contribution >= 4 is 26.0 Å². The molecule has 0 aliphatic carbocycles. The first-order valence-corrected chi connectivity index (χ1v) is 9.52. The zero-order chi connectivity index (χ0) is 19.1. The molecule has 10 heteroatoms. The summed E-state index contributed by atoms with van der Waals surface area (Å²) in [5, 5.41) is 0. The van der Waals surface area contributed by atoms with Crippen LogP contribution in [0.1, 0.15) is 23.7 Å². The van der Waals surface area contributed by atoms with Crippen molar-refractivity contribution in [1.29, 1.82) is 0 Å². The molecule has 0 saturated carbocycles. The van der Waals surface area contributed by atoms with E-state index < -0.39 is 32.9 Å². The van der Waals surface area contributed by atoms with Gasteiger partial charge in [0.1, 0.15) is 27.7 Å². The molecule has 1 atom stereocenters. The minimum atomic E-state index is -4.62. The molecule has 2 aromatic carbocycles. The van der Waals surface area contributed by atoms with E-state index in [4.69, 9.17) is 9.47 Å². The molecule has 5 nitrogen and oxygen atoms in total. The lowest BCUT2D eigenvalue weighted by molar-refractivity contribution is -0.137.